The van der Waals surface area contributed by atoms with E-state index in [9.17, 15) is 4.79 Å². The van der Waals surface area contributed by atoms with E-state index in [4.69, 9.17) is 11.5 Å². The van der Waals surface area contributed by atoms with E-state index in [1.54, 1.807) is 0 Å². The molecular formula is C13H23Cl2N5O2. The first-order valence-electron chi connectivity index (χ1n) is 6.37. The molecule has 0 aliphatic rings. The SMILES string of the molecule is CCc1cc(N)cc(CC)c1NC(=O)NC(N)=NOC.Cl.Cl. The van der Waals surface area contributed by atoms with Gasteiger partial charge < -0.3 is 21.6 Å². The number of oxime groups is 1. The summed E-state index contributed by atoms with van der Waals surface area (Å²) in [6.45, 7) is 4.00. The predicted octanol–water partition coefficient (Wildman–Crippen LogP) is 2.23. The molecule has 0 bridgehead atoms. The number of nitrogens with one attached hydrogen (secondary N) is 2. The van der Waals surface area contributed by atoms with E-state index in [-0.39, 0.29) is 30.8 Å². The van der Waals surface area contributed by atoms with Crippen molar-refractivity contribution < 1.29 is 9.63 Å². The number of carbonyl (C=O) groups excluding carboxylic acids is 1. The van der Waals surface area contributed by atoms with Crippen LogP contribution in [0.2, 0.25) is 0 Å². The predicted molar refractivity (Wildman–Crippen MR) is 94.9 cm³/mol. The number of hydrogen-bond acceptors (Lipinski definition) is 4. The lowest BCUT2D eigenvalue weighted by molar-refractivity contribution is 0.211. The number of amides is 2. The Morgan fingerprint density at radius 3 is 2.14 bits per heavy atom. The first-order valence-corrected chi connectivity index (χ1v) is 6.37. The smallest absolute Gasteiger partial charge is 0.326 e. The van der Waals surface area contributed by atoms with Gasteiger partial charge in [-0.2, -0.15) is 0 Å². The third-order valence-corrected chi connectivity index (χ3v) is 2.76. The van der Waals surface area contributed by atoms with Crippen LogP contribution in [0.15, 0.2) is 17.3 Å². The van der Waals surface area contributed by atoms with Crippen LogP contribution in [0.25, 0.3) is 0 Å². The summed E-state index contributed by atoms with van der Waals surface area (Å²) in [7, 11) is 1.34. The van der Waals surface area contributed by atoms with E-state index in [1.807, 2.05) is 26.0 Å². The van der Waals surface area contributed by atoms with Gasteiger partial charge in [0, 0.05) is 11.4 Å². The average Bonchev–Trinajstić information content (AvgIpc) is 2.40. The lowest BCUT2D eigenvalue weighted by Gasteiger charge is -2.15. The number of nitrogen functional groups attached to an aromatic ring is 1. The lowest BCUT2D eigenvalue weighted by Crippen LogP contribution is -2.40. The Hall–Kier alpha value is -1.86. The van der Waals surface area contributed by atoms with Crippen LogP contribution in [-0.2, 0) is 17.7 Å². The maximum Gasteiger partial charge on any atom is 0.326 e. The third kappa shape index (κ3) is 6.28. The molecule has 0 aromatic heterocycles. The number of aryl methyl sites for hydroxylation is 2. The lowest BCUT2D eigenvalue weighted by atomic mass is 10.0. The van der Waals surface area contributed by atoms with Crippen LogP contribution in [0.3, 0.4) is 0 Å². The van der Waals surface area contributed by atoms with Crippen LogP contribution in [0.5, 0.6) is 0 Å². The zero-order chi connectivity index (χ0) is 15.1. The average molecular weight is 352 g/mol. The van der Waals surface area contributed by atoms with E-state index in [2.05, 4.69) is 20.6 Å². The number of nitrogens with two attached hydrogens (primary N) is 2. The van der Waals surface area contributed by atoms with E-state index < -0.39 is 6.03 Å². The Bertz CT molecular complexity index is 498. The summed E-state index contributed by atoms with van der Waals surface area (Å²) in [5.41, 5.74) is 14.7. The van der Waals surface area contributed by atoms with Crippen molar-refractivity contribution in [3.8, 4) is 0 Å². The van der Waals surface area contributed by atoms with Crippen molar-refractivity contribution in [1.82, 2.24) is 5.32 Å². The Morgan fingerprint density at radius 2 is 1.73 bits per heavy atom. The first-order chi connectivity index (χ1) is 9.51. The van der Waals surface area contributed by atoms with Crippen molar-refractivity contribution in [3.63, 3.8) is 0 Å². The summed E-state index contributed by atoms with van der Waals surface area (Å²) in [6, 6.07) is 3.22. The molecule has 0 heterocycles. The highest BCUT2D eigenvalue weighted by atomic mass is 35.5. The molecule has 0 atom stereocenters. The van der Waals surface area contributed by atoms with Crippen LogP contribution < -0.4 is 22.1 Å². The summed E-state index contributed by atoms with van der Waals surface area (Å²) in [4.78, 5) is 16.3. The van der Waals surface area contributed by atoms with Gasteiger partial charge in [-0.05, 0) is 41.3 Å². The largest absolute Gasteiger partial charge is 0.399 e. The maximum absolute atomic E-state index is 11.8. The molecule has 1 aromatic carbocycles. The minimum Gasteiger partial charge on any atom is -0.399 e. The first kappa shape index (κ1) is 22.4. The Labute approximate surface area is 142 Å². The van der Waals surface area contributed by atoms with Gasteiger partial charge in [0.25, 0.3) is 0 Å². The second-order valence-corrected chi connectivity index (χ2v) is 4.16. The molecule has 0 saturated carbocycles. The fourth-order valence-electron chi connectivity index (χ4n) is 1.90. The number of guanidine groups is 1. The number of rotatable bonds is 4. The highest BCUT2D eigenvalue weighted by molar-refractivity contribution is 6.02. The molecule has 22 heavy (non-hydrogen) atoms. The summed E-state index contributed by atoms with van der Waals surface area (Å²) in [6.07, 6.45) is 1.52. The van der Waals surface area contributed by atoms with Crippen LogP contribution in [0, 0.1) is 0 Å². The Morgan fingerprint density at radius 1 is 1.23 bits per heavy atom. The molecule has 0 fully saturated rings. The van der Waals surface area contributed by atoms with Gasteiger partial charge in [-0.3, -0.25) is 5.32 Å². The molecule has 0 aliphatic heterocycles. The zero-order valence-corrected chi connectivity index (χ0v) is 14.4. The van der Waals surface area contributed by atoms with Gasteiger partial charge in [-0.25, -0.2) is 4.79 Å². The minimum atomic E-state index is -0.475. The Kier molecular flexibility index (Phi) is 11.0. The summed E-state index contributed by atoms with van der Waals surface area (Å²) < 4.78 is 0. The fourth-order valence-corrected chi connectivity index (χ4v) is 1.90. The van der Waals surface area contributed by atoms with E-state index in [0.717, 1.165) is 29.7 Å². The number of nitrogens with zero attached hydrogens (tertiary/aromatic N) is 1. The minimum absolute atomic E-state index is 0. The van der Waals surface area contributed by atoms with Crippen molar-refractivity contribution in [2.45, 2.75) is 26.7 Å². The summed E-state index contributed by atoms with van der Waals surface area (Å²) >= 11 is 0. The quantitative estimate of drug-likeness (QED) is 0.288. The maximum atomic E-state index is 11.8. The molecule has 0 unspecified atom stereocenters. The summed E-state index contributed by atoms with van der Waals surface area (Å²) in [5, 5.41) is 8.55. The monoisotopic (exact) mass is 351 g/mol. The molecule has 0 spiro atoms. The highest BCUT2D eigenvalue weighted by Crippen LogP contribution is 2.25. The van der Waals surface area contributed by atoms with Gasteiger partial charge in [0.05, 0.1) is 0 Å². The van der Waals surface area contributed by atoms with Crippen LogP contribution >= 0.6 is 24.8 Å². The van der Waals surface area contributed by atoms with Crippen LogP contribution in [0.4, 0.5) is 16.2 Å². The number of benzene rings is 1. The normalized spacial score (nSPS) is 10.0. The van der Waals surface area contributed by atoms with Crippen molar-refractivity contribution in [2.75, 3.05) is 18.2 Å². The van der Waals surface area contributed by atoms with Crippen molar-refractivity contribution in [2.24, 2.45) is 10.9 Å². The molecule has 2 amide bonds. The van der Waals surface area contributed by atoms with Gasteiger partial charge in [0.15, 0.2) is 0 Å². The van der Waals surface area contributed by atoms with Gasteiger partial charge in [0.1, 0.15) is 7.11 Å². The van der Waals surface area contributed by atoms with E-state index in [1.165, 1.54) is 7.11 Å². The number of halogens is 2. The second kappa shape index (κ2) is 10.8. The van der Waals surface area contributed by atoms with Crippen LogP contribution in [-0.4, -0.2) is 19.1 Å². The molecule has 1 rings (SSSR count). The summed E-state index contributed by atoms with van der Waals surface area (Å²) in [5.74, 6) is -0.114. The van der Waals surface area contributed by atoms with Crippen LogP contribution in [0.1, 0.15) is 25.0 Å². The van der Waals surface area contributed by atoms with Gasteiger partial charge >= 0.3 is 6.03 Å². The van der Waals surface area contributed by atoms with E-state index in [0.29, 0.717) is 5.69 Å². The van der Waals surface area contributed by atoms with Gasteiger partial charge in [0.2, 0.25) is 5.96 Å². The fraction of sp³-hybridized carbons (Fsp3) is 0.385. The Balaban J connectivity index is 0. The molecule has 7 nitrogen and oxygen atoms in total. The van der Waals surface area contributed by atoms with Gasteiger partial charge in [-0.15, -0.1) is 24.8 Å². The molecule has 0 aliphatic carbocycles. The highest BCUT2D eigenvalue weighted by Gasteiger charge is 2.12. The molecule has 1 aromatic rings. The van der Waals surface area contributed by atoms with Crippen molar-refractivity contribution >= 4 is 48.2 Å². The van der Waals surface area contributed by atoms with Crippen molar-refractivity contribution in [1.29, 1.82) is 0 Å². The topological polar surface area (TPSA) is 115 Å². The molecule has 0 saturated heterocycles. The number of anilines is 2. The number of carbonyl (C=O) groups is 1. The third-order valence-electron chi connectivity index (χ3n) is 2.76. The molecule has 0 radical (unpaired) electrons. The van der Waals surface area contributed by atoms with Crippen molar-refractivity contribution in [3.05, 3.63) is 23.3 Å². The molecule has 9 heteroatoms. The van der Waals surface area contributed by atoms with Gasteiger partial charge in [-0.1, -0.05) is 13.8 Å². The molecule has 6 N–H and O–H groups in total. The second-order valence-electron chi connectivity index (χ2n) is 4.16. The molecule has 126 valence electrons. The number of urea groups is 1. The molecular weight excluding hydrogens is 329 g/mol. The number of hydrogen-bond donors (Lipinski definition) is 4. The zero-order valence-electron chi connectivity index (χ0n) is 12.8. The van der Waals surface area contributed by atoms with E-state index >= 15 is 0 Å². The standard InChI is InChI=1S/C13H21N5O2.2ClH/c1-4-8-6-10(14)7-9(5-2)11(8)16-13(19)17-12(15)18-20-3;;/h6-7H,4-5,14H2,1-3H3,(H4,15,16,17,18,19);2*1H.